The van der Waals surface area contributed by atoms with E-state index < -0.39 is 0 Å². The maximum Gasteiger partial charge on any atom is 0.270 e. The summed E-state index contributed by atoms with van der Waals surface area (Å²) < 4.78 is 5.93. The van der Waals surface area contributed by atoms with Crippen LogP contribution in [0.1, 0.15) is 21.9 Å². The van der Waals surface area contributed by atoms with Gasteiger partial charge in [0.15, 0.2) is 0 Å². The van der Waals surface area contributed by atoms with E-state index in [1.54, 1.807) is 6.20 Å². The number of morpholine rings is 1. The molecule has 2 fully saturated rings. The number of aryl methyl sites for hydroxylation is 1. The molecule has 2 aromatic rings. The van der Waals surface area contributed by atoms with Crippen LogP contribution in [0.3, 0.4) is 0 Å². The number of rotatable bonds is 3. The van der Waals surface area contributed by atoms with Crippen LogP contribution in [0.4, 0.5) is 0 Å². The average molecular weight is 326 g/mol. The molecular formula is C18H22N4O2. The number of carbonyl (C=O) groups excluding carboxylic acids is 1. The fourth-order valence-corrected chi connectivity index (χ4v) is 3.65. The second-order valence-electron chi connectivity index (χ2n) is 6.51. The summed E-state index contributed by atoms with van der Waals surface area (Å²) in [7, 11) is 0. The Balaban J connectivity index is 1.47. The first-order valence-corrected chi connectivity index (χ1v) is 8.41. The number of fused-ring (bicyclic) bond motifs is 1. The van der Waals surface area contributed by atoms with Gasteiger partial charge in [0, 0.05) is 38.1 Å². The van der Waals surface area contributed by atoms with Gasteiger partial charge in [-0.1, -0.05) is 6.07 Å². The SMILES string of the molecule is Cc1cccc(CN2CCO[C@H]3CN(C(=O)c4ccc[nH]4)C[C@H]32)n1. The van der Waals surface area contributed by atoms with Crippen molar-refractivity contribution in [3.63, 3.8) is 0 Å². The van der Waals surface area contributed by atoms with Gasteiger partial charge in [0.25, 0.3) is 5.91 Å². The molecular weight excluding hydrogens is 304 g/mol. The molecule has 6 nitrogen and oxygen atoms in total. The van der Waals surface area contributed by atoms with E-state index in [0.717, 1.165) is 24.5 Å². The quantitative estimate of drug-likeness (QED) is 0.927. The Morgan fingerprint density at radius 3 is 3.04 bits per heavy atom. The van der Waals surface area contributed by atoms with Crippen LogP contribution in [-0.2, 0) is 11.3 Å². The third-order valence-electron chi connectivity index (χ3n) is 4.84. The zero-order valence-corrected chi connectivity index (χ0v) is 13.8. The lowest BCUT2D eigenvalue weighted by molar-refractivity contribution is -0.0507. The summed E-state index contributed by atoms with van der Waals surface area (Å²) in [6.07, 6.45) is 1.87. The van der Waals surface area contributed by atoms with Gasteiger partial charge in [-0.25, -0.2) is 0 Å². The number of hydrogen-bond acceptors (Lipinski definition) is 4. The van der Waals surface area contributed by atoms with Crippen LogP contribution in [-0.4, -0.2) is 64.1 Å². The molecule has 0 aromatic carbocycles. The summed E-state index contributed by atoms with van der Waals surface area (Å²) in [5.41, 5.74) is 2.75. The summed E-state index contributed by atoms with van der Waals surface area (Å²) in [6, 6.07) is 10.0. The van der Waals surface area contributed by atoms with Gasteiger partial charge in [0.05, 0.1) is 24.4 Å². The number of H-pyrrole nitrogens is 1. The van der Waals surface area contributed by atoms with Gasteiger partial charge in [-0.2, -0.15) is 0 Å². The molecule has 0 spiro atoms. The number of nitrogens with zero attached hydrogens (tertiary/aromatic N) is 3. The summed E-state index contributed by atoms with van der Waals surface area (Å²) in [4.78, 5) is 24.5. The predicted molar refractivity (Wildman–Crippen MR) is 89.6 cm³/mol. The first-order chi connectivity index (χ1) is 11.7. The molecule has 2 atom stereocenters. The van der Waals surface area contributed by atoms with Crippen molar-refractivity contribution in [2.24, 2.45) is 0 Å². The highest BCUT2D eigenvalue weighted by atomic mass is 16.5. The Kier molecular flexibility index (Phi) is 4.08. The van der Waals surface area contributed by atoms with Gasteiger partial charge in [-0.05, 0) is 31.2 Å². The molecule has 1 N–H and O–H groups in total. The standard InChI is InChI=1S/C18H22N4O2/c1-13-4-2-5-14(20-13)10-21-8-9-24-17-12-22(11-16(17)21)18(23)15-6-3-7-19-15/h2-7,16-17,19H,8-12H2,1H3/t16-,17+/m1/s1. The molecule has 6 heteroatoms. The van der Waals surface area contributed by atoms with Crippen LogP contribution in [0.25, 0.3) is 0 Å². The molecule has 0 unspecified atom stereocenters. The van der Waals surface area contributed by atoms with Crippen LogP contribution >= 0.6 is 0 Å². The van der Waals surface area contributed by atoms with Crippen LogP contribution in [0.2, 0.25) is 0 Å². The van der Waals surface area contributed by atoms with Gasteiger partial charge in [0.1, 0.15) is 5.69 Å². The van der Waals surface area contributed by atoms with Crippen LogP contribution in [0.15, 0.2) is 36.5 Å². The molecule has 2 aliphatic heterocycles. The number of ether oxygens (including phenoxy) is 1. The second kappa shape index (κ2) is 6.37. The van der Waals surface area contributed by atoms with Crippen molar-refractivity contribution in [3.8, 4) is 0 Å². The fraction of sp³-hybridized carbons (Fsp3) is 0.444. The molecule has 2 saturated heterocycles. The first kappa shape index (κ1) is 15.4. The summed E-state index contributed by atoms with van der Waals surface area (Å²) in [5.74, 6) is 0.0478. The Labute approximate surface area is 141 Å². The van der Waals surface area contributed by atoms with Crippen molar-refractivity contribution in [2.75, 3.05) is 26.2 Å². The highest BCUT2D eigenvalue weighted by Crippen LogP contribution is 2.25. The van der Waals surface area contributed by atoms with E-state index in [0.29, 0.717) is 25.4 Å². The third kappa shape index (κ3) is 2.95. The van der Waals surface area contributed by atoms with Gasteiger partial charge in [-0.3, -0.25) is 14.7 Å². The normalized spacial score (nSPS) is 24.1. The van der Waals surface area contributed by atoms with E-state index in [2.05, 4.69) is 20.9 Å². The zero-order valence-electron chi connectivity index (χ0n) is 13.8. The largest absolute Gasteiger partial charge is 0.373 e. The smallest absolute Gasteiger partial charge is 0.270 e. The van der Waals surface area contributed by atoms with Gasteiger partial charge in [-0.15, -0.1) is 0 Å². The third-order valence-corrected chi connectivity index (χ3v) is 4.84. The molecule has 24 heavy (non-hydrogen) atoms. The maximum absolute atomic E-state index is 12.6. The summed E-state index contributed by atoms with van der Waals surface area (Å²) in [5, 5.41) is 0. The van der Waals surface area contributed by atoms with E-state index in [4.69, 9.17) is 4.74 Å². The number of pyridine rings is 1. The lowest BCUT2D eigenvalue weighted by Crippen LogP contribution is -2.50. The minimum Gasteiger partial charge on any atom is -0.373 e. The van der Waals surface area contributed by atoms with E-state index in [1.807, 2.05) is 36.1 Å². The minimum absolute atomic E-state index is 0.0478. The average Bonchev–Trinajstić information content (AvgIpc) is 3.24. The molecule has 0 aliphatic carbocycles. The zero-order chi connectivity index (χ0) is 16.5. The summed E-state index contributed by atoms with van der Waals surface area (Å²) >= 11 is 0. The van der Waals surface area contributed by atoms with Crippen LogP contribution < -0.4 is 0 Å². The highest BCUT2D eigenvalue weighted by molar-refractivity contribution is 5.92. The Bertz CT molecular complexity index is 716. The van der Waals surface area contributed by atoms with Gasteiger partial charge < -0.3 is 14.6 Å². The molecule has 2 aromatic heterocycles. The number of aromatic amines is 1. The second-order valence-corrected chi connectivity index (χ2v) is 6.51. The molecule has 1 amide bonds. The Morgan fingerprint density at radius 2 is 2.25 bits per heavy atom. The molecule has 4 heterocycles. The topological polar surface area (TPSA) is 61.5 Å². The number of likely N-dealkylation sites (tertiary alicyclic amines) is 1. The molecule has 126 valence electrons. The first-order valence-electron chi connectivity index (χ1n) is 8.41. The van der Waals surface area contributed by atoms with E-state index in [-0.39, 0.29) is 18.1 Å². The molecule has 0 radical (unpaired) electrons. The number of carbonyl (C=O) groups is 1. The van der Waals surface area contributed by atoms with Crippen molar-refractivity contribution < 1.29 is 9.53 Å². The van der Waals surface area contributed by atoms with Crippen LogP contribution in [0, 0.1) is 6.92 Å². The molecule has 0 saturated carbocycles. The van der Waals surface area contributed by atoms with E-state index >= 15 is 0 Å². The Hall–Kier alpha value is -2.18. The van der Waals surface area contributed by atoms with Crippen molar-refractivity contribution in [2.45, 2.75) is 25.6 Å². The van der Waals surface area contributed by atoms with Crippen molar-refractivity contribution >= 4 is 5.91 Å². The maximum atomic E-state index is 12.6. The van der Waals surface area contributed by atoms with Crippen molar-refractivity contribution in [1.29, 1.82) is 0 Å². The lowest BCUT2D eigenvalue weighted by atomic mass is 10.1. The lowest BCUT2D eigenvalue weighted by Gasteiger charge is -2.36. The fourth-order valence-electron chi connectivity index (χ4n) is 3.65. The summed E-state index contributed by atoms with van der Waals surface area (Å²) in [6.45, 7) is 5.75. The van der Waals surface area contributed by atoms with Crippen molar-refractivity contribution in [3.05, 3.63) is 53.6 Å². The predicted octanol–water partition coefficient (Wildman–Crippen LogP) is 1.44. The minimum atomic E-state index is 0.0478. The molecule has 4 rings (SSSR count). The number of hydrogen-bond donors (Lipinski definition) is 1. The van der Waals surface area contributed by atoms with Crippen molar-refractivity contribution in [1.82, 2.24) is 19.8 Å². The van der Waals surface area contributed by atoms with Gasteiger partial charge >= 0.3 is 0 Å². The molecule has 0 bridgehead atoms. The van der Waals surface area contributed by atoms with E-state index in [9.17, 15) is 4.79 Å². The number of nitrogens with one attached hydrogen (secondary N) is 1. The monoisotopic (exact) mass is 326 g/mol. The number of aromatic nitrogens is 2. The Morgan fingerprint density at radius 1 is 1.33 bits per heavy atom. The highest BCUT2D eigenvalue weighted by Gasteiger charge is 2.42. The molecule has 2 aliphatic rings. The van der Waals surface area contributed by atoms with Gasteiger partial charge in [0.2, 0.25) is 0 Å². The van der Waals surface area contributed by atoms with E-state index in [1.165, 1.54) is 0 Å². The number of amides is 1. The van der Waals surface area contributed by atoms with Crippen LogP contribution in [0.5, 0.6) is 0 Å².